The minimum absolute atomic E-state index is 0.123. The van der Waals surface area contributed by atoms with Gasteiger partial charge in [0.05, 0.1) is 13.2 Å². The predicted molar refractivity (Wildman–Crippen MR) is 68.0 cm³/mol. The number of carbonyl (C=O) groups is 1. The van der Waals surface area contributed by atoms with Gasteiger partial charge in [-0.15, -0.1) is 0 Å². The van der Waals surface area contributed by atoms with Crippen LogP contribution in [-0.4, -0.2) is 22.6 Å². The molecule has 5 nitrogen and oxygen atoms in total. The average Bonchev–Trinajstić information content (AvgIpc) is 2.92. The summed E-state index contributed by atoms with van der Waals surface area (Å²) in [6.45, 7) is 0.385. The SMILES string of the molecule is COC(=O)c1nccn1C#COCc1ccccc1. The van der Waals surface area contributed by atoms with Crippen molar-refractivity contribution in [2.24, 2.45) is 0 Å². The van der Waals surface area contributed by atoms with E-state index in [9.17, 15) is 4.79 Å². The van der Waals surface area contributed by atoms with E-state index in [2.05, 4.69) is 21.9 Å². The maximum atomic E-state index is 11.3. The van der Waals surface area contributed by atoms with Crippen molar-refractivity contribution in [2.75, 3.05) is 7.11 Å². The van der Waals surface area contributed by atoms with Crippen LogP contribution in [0.2, 0.25) is 0 Å². The number of ether oxygens (including phenoxy) is 2. The van der Waals surface area contributed by atoms with Crippen molar-refractivity contribution < 1.29 is 14.3 Å². The van der Waals surface area contributed by atoms with Crippen molar-refractivity contribution in [1.29, 1.82) is 0 Å². The maximum absolute atomic E-state index is 11.3. The van der Waals surface area contributed by atoms with Crippen molar-refractivity contribution >= 4 is 5.97 Å². The number of hydrogen-bond donors (Lipinski definition) is 0. The molecule has 2 aromatic rings. The molecule has 5 heteroatoms. The molecule has 0 N–H and O–H groups in total. The van der Waals surface area contributed by atoms with E-state index in [4.69, 9.17) is 4.74 Å². The molecule has 0 spiro atoms. The second-order valence-corrected chi connectivity index (χ2v) is 3.60. The molecule has 0 aliphatic carbocycles. The molecular weight excluding hydrogens is 244 g/mol. The molecule has 0 aliphatic rings. The highest BCUT2D eigenvalue weighted by molar-refractivity contribution is 5.85. The number of hydrogen-bond acceptors (Lipinski definition) is 4. The number of esters is 1. The molecule has 0 amide bonds. The van der Waals surface area contributed by atoms with Gasteiger partial charge in [-0.2, -0.15) is 0 Å². The first-order valence-corrected chi connectivity index (χ1v) is 5.59. The highest BCUT2D eigenvalue weighted by Gasteiger charge is 2.11. The molecule has 96 valence electrons. The Morgan fingerprint density at radius 3 is 2.89 bits per heavy atom. The zero-order valence-electron chi connectivity index (χ0n) is 10.4. The second kappa shape index (κ2) is 6.26. The molecule has 1 heterocycles. The molecule has 0 bridgehead atoms. The fraction of sp³-hybridized carbons (Fsp3) is 0.143. The van der Waals surface area contributed by atoms with Gasteiger partial charge in [0.15, 0.2) is 0 Å². The fourth-order valence-corrected chi connectivity index (χ4v) is 1.41. The number of rotatable bonds is 3. The van der Waals surface area contributed by atoms with Crippen molar-refractivity contribution in [3.05, 3.63) is 54.1 Å². The van der Waals surface area contributed by atoms with Crippen LogP contribution in [-0.2, 0) is 16.1 Å². The van der Waals surface area contributed by atoms with Gasteiger partial charge in [0, 0.05) is 12.4 Å². The summed E-state index contributed by atoms with van der Waals surface area (Å²) < 4.78 is 11.1. The summed E-state index contributed by atoms with van der Waals surface area (Å²) in [5.74, 6) is -0.416. The van der Waals surface area contributed by atoms with E-state index < -0.39 is 5.97 Å². The number of imidazole rings is 1. The number of methoxy groups -OCH3 is 1. The average molecular weight is 256 g/mol. The second-order valence-electron chi connectivity index (χ2n) is 3.60. The number of benzene rings is 1. The Bertz CT molecular complexity index is 608. The van der Waals surface area contributed by atoms with Gasteiger partial charge < -0.3 is 9.47 Å². The van der Waals surface area contributed by atoms with Gasteiger partial charge >= 0.3 is 5.97 Å². The summed E-state index contributed by atoms with van der Waals surface area (Å²) in [5.41, 5.74) is 1.02. The van der Waals surface area contributed by atoms with Crippen LogP contribution in [0, 0.1) is 12.2 Å². The monoisotopic (exact) mass is 256 g/mol. The lowest BCUT2D eigenvalue weighted by molar-refractivity contribution is 0.0585. The Hall–Kier alpha value is -2.74. The highest BCUT2D eigenvalue weighted by atomic mass is 16.5. The normalized spacial score (nSPS) is 9.32. The predicted octanol–water partition coefficient (Wildman–Crippen LogP) is 1.65. The van der Waals surface area contributed by atoms with Gasteiger partial charge in [0.25, 0.3) is 0 Å². The van der Waals surface area contributed by atoms with Crippen molar-refractivity contribution in [3.8, 4) is 12.2 Å². The van der Waals surface area contributed by atoms with Gasteiger partial charge in [-0.05, 0) is 5.56 Å². The summed E-state index contributed by atoms with van der Waals surface area (Å²) in [7, 11) is 1.29. The molecule has 0 aliphatic heterocycles. The van der Waals surface area contributed by atoms with E-state index in [1.165, 1.54) is 17.9 Å². The molecule has 2 rings (SSSR count). The zero-order chi connectivity index (χ0) is 13.5. The first-order chi connectivity index (χ1) is 9.31. The van der Waals surface area contributed by atoms with Gasteiger partial charge in [-0.25, -0.2) is 14.3 Å². The molecule has 0 fully saturated rings. The minimum atomic E-state index is -0.539. The molecular formula is C14H12N2O3. The smallest absolute Gasteiger partial charge is 0.375 e. The van der Waals surface area contributed by atoms with Crippen LogP contribution >= 0.6 is 0 Å². The van der Waals surface area contributed by atoms with Crippen LogP contribution in [0.3, 0.4) is 0 Å². The lowest BCUT2D eigenvalue weighted by Crippen LogP contribution is -2.08. The van der Waals surface area contributed by atoms with Crippen LogP contribution in [0.1, 0.15) is 16.2 Å². The lowest BCUT2D eigenvalue weighted by atomic mass is 10.2. The zero-order valence-corrected chi connectivity index (χ0v) is 10.4. The Balaban J connectivity index is 1.97. The summed E-state index contributed by atoms with van der Waals surface area (Å²) in [6, 6.07) is 12.3. The van der Waals surface area contributed by atoms with E-state index in [0.29, 0.717) is 6.61 Å². The minimum Gasteiger partial charge on any atom is -0.463 e. The Morgan fingerprint density at radius 2 is 2.16 bits per heavy atom. The Kier molecular flexibility index (Phi) is 4.19. The topological polar surface area (TPSA) is 53.3 Å². The van der Waals surface area contributed by atoms with Crippen LogP contribution in [0.25, 0.3) is 0 Å². The summed E-state index contributed by atoms with van der Waals surface area (Å²) in [6.07, 6.45) is 5.55. The summed E-state index contributed by atoms with van der Waals surface area (Å²) in [4.78, 5) is 15.2. The molecule has 0 saturated carbocycles. The molecule has 19 heavy (non-hydrogen) atoms. The Morgan fingerprint density at radius 1 is 1.37 bits per heavy atom. The van der Waals surface area contributed by atoms with Gasteiger partial charge in [0.1, 0.15) is 12.7 Å². The van der Waals surface area contributed by atoms with E-state index in [1.54, 1.807) is 6.20 Å². The third kappa shape index (κ3) is 3.36. The molecule has 1 aromatic heterocycles. The third-order valence-electron chi connectivity index (χ3n) is 2.33. The standard InChI is InChI=1S/C14H12N2O3/c1-18-14(17)13-15-7-8-16(13)9-10-19-11-12-5-3-2-4-6-12/h2-8H,11H2,1H3. The Labute approximate surface area is 110 Å². The van der Waals surface area contributed by atoms with Crippen LogP contribution in [0.15, 0.2) is 42.7 Å². The van der Waals surface area contributed by atoms with E-state index in [-0.39, 0.29) is 5.82 Å². The van der Waals surface area contributed by atoms with Crippen LogP contribution in [0.4, 0.5) is 0 Å². The fourth-order valence-electron chi connectivity index (χ4n) is 1.41. The largest absolute Gasteiger partial charge is 0.463 e. The molecule has 0 saturated heterocycles. The van der Waals surface area contributed by atoms with E-state index >= 15 is 0 Å². The maximum Gasteiger partial charge on any atom is 0.375 e. The van der Waals surface area contributed by atoms with Crippen molar-refractivity contribution in [1.82, 2.24) is 9.55 Å². The van der Waals surface area contributed by atoms with Crippen LogP contribution in [0.5, 0.6) is 0 Å². The summed E-state index contributed by atoms with van der Waals surface area (Å²) >= 11 is 0. The number of nitrogens with zero attached hydrogens (tertiary/aromatic N) is 2. The quantitative estimate of drug-likeness (QED) is 0.619. The van der Waals surface area contributed by atoms with Crippen LogP contribution < -0.4 is 0 Å². The molecule has 1 aromatic carbocycles. The van der Waals surface area contributed by atoms with Crippen molar-refractivity contribution in [3.63, 3.8) is 0 Å². The van der Waals surface area contributed by atoms with E-state index in [0.717, 1.165) is 5.56 Å². The lowest BCUT2D eigenvalue weighted by Gasteiger charge is -1.98. The third-order valence-corrected chi connectivity index (χ3v) is 2.33. The van der Waals surface area contributed by atoms with Gasteiger partial charge in [-0.3, -0.25) is 0 Å². The first kappa shape index (κ1) is 12.7. The van der Waals surface area contributed by atoms with E-state index in [1.807, 2.05) is 30.3 Å². The summed E-state index contributed by atoms with van der Waals surface area (Å²) in [5, 5.41) is 0. The molecule has 0 unspecified atom stereocenters. The number of carbonyl (C=O) groups excluding carboxylic acids is 1. The highest BCUT2D eigenvalue weighted by Crippen LogP contribution is 2.00. The van der Waals surface area contributed by atoms with Gasteiger partial charge in [-0.1, -0.05) is 30.3 Å². The van der Waals surface area contributed by atoms with Crippen molar-refractivity contribution in [2.45, 2.75) is 6.61 Å². The van der Waals surface area contributed by atoms with Gasteiger partial charge in [0.2, 0.25) is 5.82 Å². The molecule has 0 radical (unpaired) electrons. The number of aromatic nitrogens is 2. The first-order valence-electron chi connectivity index (χ1n) is 5.59. The molecule has 0 atom stereocenters.